The predicted molar refractivity (Wildman–Crippen MR) is 119 cm³/mol. The van der Waals surface area contributed by atoms with E-state index in [0.717, 1.165) is 22.4 Å². The van der Waals surface area contributed by atoms with Crippen molar-refractivity contribution in [3.63, 3.8) is 0 Å². The second kappa shape index (κ2) is 8.22. The van der Waals surface area contributed by atoms with Crippen molar-refractivity contribution in [3.8, 4) is 22.8 Å². The standard InChI is InChI=1S/C24H22N4O4/c1-16-2-5-18(6-3-16)19-13-20-24(30)27(10-11-28(20)26-19)9-8-23(29)25-14-17-4-7-21-22(12-17)32-15-31-21/h2-7,10-13H,8-9,14-15H2,1H3,(H,25,29). The lowest BCUT2D eigenvalue weighted by Gasteiger charge is -2.08. The van der Waals surface area contributed by atoms with Crippen LogP contribution in [0.1, 0.15) is 17.5 Å². The number of fused-ring (bicyclic) bond motifs is 2. The van der Waals surface area contributed by atoms with Gasteiger partial charge in [-0.1, -0.05) is 35.9 Å². The molecule has 0 bridgehead atoms. The number of ether oxygens (including phenoxy) is 2. The lowest BCUT2D eigenvalue weighted by molar-refractivity contribution is -0.121. The van der Waals surface area contributed by atoms with Crippen molar-refractivity contribution in [3.05, 3.63) is 82.4 Å². The monoisotopic (exact) mass is 430 g/mol. The largest absolute Gasteiger partial charge is 0.454 e. The molecular formula is C24H22N4O4. The van der Waals surface area contributed by atoms with Gasteiger partial charge < -0.3 is 19.4 Å². The van der Waals surface area contributed by atoms with E-state index < -0.39 is 0 Å². The van der Waals surface area contributed by atoms with E-state index in [0.29, 0.717) is 23.6 Å². The van der Waals surface area contributed by atoms with Crippen molar-refractivity contribution >= 4 is 11.4 Å². The molecule has 1 amide bonds. The van der Waals surface area contributed by atoms with Crippen molar-refractivity contribution in [2.24, 2.45) is 0 Å². The fourth-order valence-corrected chi connectivity index (χ4v) is 3.63. The van der Waals surface area contributed by atoms with E-state index in [1.807, 2.05) is 49.4 Å². The van der Waals surface area contributed by atoms with Crippen LogP contribution in [-0.4, -0.2) is 26.9 Å². The maximum absolute atomic E-state index is 12.9. The first kappa shape index (κ1) is 19.9. The summed E-state index contributed by atoms with van der Waals surface area (Å²) < 4.78 is 13.8. The van der Waals surface area contributed by atoms with Crippen LogP contribution in [0.15, 0.2) is 65.7 Å². The van der Waals surface area contributed by atoms with Crippen molar-refractivity contribution in [1.29, 1.82) is 0 Å². The molecule has 32 heavy (non-hydrogen) atoms. The van der Waals surface area contributed by atoms with E-state index in [4.69, 9.17) is 9.47 Å². The van der Waals surface area contributed by atoms with Crippen LogP contribution < -0.4 is 20.3 Å². The minimum atomic E-state index is -0.179. The van der Waals surface area contributed by atoms with E-state index >= 15 is 0 Å². The number of aryl methyl sites for hydroxylation is 2. The molecule has 162 valence electrons. The number of carbonyl (C=O) groups excluding carboxylic acids is 1. The zero-order chi connectivity index (χ0) is 22.1. The van der Waals surface area contributed by atoms with Gasteiger partial charge >= 0.3 is 0 Å². The van der Waals surface area contributed by atoms with Crippen LogP contribution in [0.2, 0.25) is 0 Å². The van der Waals surface area contributed by atoms with Crippen molar-refractivity contribution in [2.75, 3.05) is 6.79 Å². The molecule has 4 aromatic rings. The average Bonchev–Trinajstić information content (AvgIpc) is 3.45. The first-order valence-electron chi connectivity index (χ1n) is 10.4. The van der Waals surface area contributed by atoms with Crippen molar-refractivity contribution in [1.82, 2.24) is 19.5 Å². The van der Waals surface area contributed by atoms with Gasteiger partial charge in [-0.25, -0.2) is 4.52 Å². The third-order valence-electron chi connectivity index (χ3n) is 5.46. The fraction of sp³-hybridized carbons (Fsp3) is 0.208. The second-order valence-corrected chi connectivity index (χ2v) is 7.74. The van der Waals surface area contributed by atoms with Crippen LogP contribution in [-0.2, 0) is 17.9 Å². The Morgan fingerprint density at radius 1 is 1.06 bits per heavy atom. The summed E-state index contributed by atoms with van der Waals surface area (Å²) in [6, 6.07) is 15.3. The van der Waals surface area contributed by atoms with Gasteiger partial charge in [0.05, 0.1) is 5.69 Å². The lowest BCUT2D eigenvalue weighted by atomic mass is 10.1. The first-order valence-corrected chi connectivity index (χ1v) is 10.4. The Morgan fingerprint density at radius 2 is 1.88 bits per heavy atom. The van der Waals surface area contributed by atoms with Crippen LogP contribution in [0, 0.1) is 6.92 Å². The summed E-state index contributed by atoms with van der Waals surface area (Å²) in [5.74, 6) is 1.26. The number of hydrogen-bond acceptors (Lipinski definition) is 5. The summed E-state index contributed by atoms with van der Waals surface area (Å²) in [5, 5.41) is 7.38. The molecule has 1 aliphatic heterocycles. The maximum Gasteiger partial charge on any atom is 0.276 e. The third kappa shape index (κ3) is 3.94. The van der Waals surface area contributed by atoms with Gasteiger partial charge in [0.15, 0.2) is 11.5 Å². The zero-order valence-electron chi connectivity index (χ0n) is 17.6. The molecule has 1 aliphatic rings. The number of amides is 1. The molecule has 0 saturated heterocycles. The van der Waals surface area contributed by atoms with Gasteiger partial charge in [-0.3, -0.25) is 9.59 Å². The Labute approximate surface area is 184 Å². The summed E-state index contributed by atoms with van der Waals surface area (Å²) in [6.45, 7) is 2.91. The quantitative estimate of drug-likeness (QED) is 0.508. The molecule has 0 fully saturated rings. The van der Waals surface area contributed by atoms with E-state index in [-0.39, 0.29) is 31.2 Å². The van der Waals surface area contributed by atoms with Gasteiger partial charge in [0, 0.05) is 37.5 Å². The van der Waals surface area contributed by atoms with Crippen molar-refractivity contribution in [2.45, 2.75) is 26.4 Å². The highest BCUT2D eigenvalue weighted by atomic mass is 16.7. The van der Waals surface area contributed by atoms with E-state index in [1.165, 1.54) is 4.57 Å². The Kier molecular flexibility index (Phi) is 5.10. The Bertz CT molecular complexity index is 1350. The molecule has 5 rings (SSSR count). The van der Waals surface area contributed by atoms with Crippen LogP contribution in [0.5, 0.6) is 11.5 Å². The predicted octanol–water partition coefficient (Wildman–Crippen LogP) is 2.91. The minimum absolute atomic E-state index is 0.136. The van der Waals surface area contributed by atoms with Gasteiger partial charge in [-0.15, -0.1) is 0 Å². The van der Waals surface area contributed by atoms with Gasteiger partial charge in [-0.2, -0.15) is 5.10 Å². The van der Waals surface area contributed by atoms with Crippen LogP contribution in [0.25, 0.3) is 16.8 Å². The molecule has 1 N–H and O–H groups in total. The number of carbonyl (C=O) groups is 1. The number of benzene rings is 2. The van der Waals surface area contributed by atoms with E-state index in [1.54, 1.807) is 23.0 Å². The molecule has 0 unspecified atom stereocenters. The molecule has 0 radical (unpaired) electrons. The number of hydrogen-bond donors (Lipinski definition) is 1. The zero-order valence-corrected chi connectivity index (χ0v) is 17.6. The Morgan fingerprint density at radius 3 is 2.72 bits per heavy atom. The topological polar surface area (TPSA) is 86.9 Å². The molecular weight excluding hydrogens is 408 g/mol. The van der Waals surface area contributed by atoms with E-state index in [9.17, 15) is 9.59 Å². The molecule has 3 heterocycles. The average molecular weight is 430 g/mol. The third-order valence-corrected chi connectivity index (χ3v) is 5.46. The van der Waals surface area contributed by atoms with Gasteiger partial charge in [0.25, 0.3) is 5.56 Å². The molecule has 2 aromatic heterocycles. The number of nitrogens with zero attached hydrogens (tertiary/aromatic N) is 3. The summed E-state index contributed by atoms with van der Waals surface area (Å²) in [4.78, 5) is 25.2. The summed E-state index contributed by atoms with van der Waals surface area (Å²) >= 11 is 0. The molecule has 8 nitrogen and oxygen atoms in total. The highest BCUT2D eigenvalue weighted by Crippen LogP contribution is 2.32. The minimum Gasteiger partial charge on any atom is -0.454 e. The smallest absolute Gasteiger partial charge is 0.276 e. The SMILES string of the molecule is Cc1ccc(-c2cc3c(=O)n(CCC(=O)NCc4ccc5c(c4)OCO5)ccn3n2)cc1. The summed E-state index contributed by atoms with van der Waals surface area (Å²) in [6.07, 6.45) is 3.59. The number of rotatable bonds is 6. The van der Waals surface area contributed by atoms with E-state index in [2.05, 4.69) is 10.4 Å². The number of nitrogens with one attached hydrogen (secondary N) is 1. The van der Waals surface area contributed by atoms with Crippen LogP contribution in [0.3, 0.4) is 0 Å². The highest BCUT2D eigenvalue weighted by Gasteiger charge is 2.14. The molecule has 0 spiro atoms. The summed E-state index contributed by atoms with van der Waals surface area (Å²) in [7, 11) is 0. The van der Waals surface area contributed by atoms with Gasteiger partial charge in [0.2, 0.25) is 12.7 Å². The first-order chi connectivity index (χ1) is 15.6. The molecule has 0 aliphatic carbocycles. The Hall–Kier alpha value is -4.07. The molecule has 2 aromatic carbocycles. The summed E-state index contributed by atoms with van der Waals surface area (Å²) in [5.41, 5.74) is 4.07. The van der Waals surface area contributed by atoms with Crippen molar-refractivity contribution < 1.29 is 14.3 Å². The normalized spacial score (nSPS) is 12.3. The fourth-order valence-electron chi connectivity index (χ4n) is 3.63. The number of aromatic nitrogens is 3. The van der Waals surface area contributed by atoms with Gasteiger partial charge in [-0.05, 0) is 30.7 Å². The lowest BCUT2D eigenvalue weighted by Crippen LogP contribution is -2.27. The van der Waals surface area contributed by atoms with Crippen LogP contribution >= 0.6 is 0 Å². The van der Waals surface area contributed by atoms with Crippen LogP contribution in [0.4, 0.5) is 0 Å². The second-order valence-electron chi connectivity index (χ2n) is 7.74. The molecule has 8 heteroatoms. The highest BCUT2D eigenvalue weighted by molar-refractivity contribution is 5.75. The van der Waals surface area contributed by atoms with Gasteiger partial charge in [0.1, 0.15) is 5.52 Å². The maximum atomic E-state index is 12.9. The molecule has 0 atom stereocenters. The molecule has 0 saturated carbocycles. The Balaban J connectivity index is 1.24.